The van der Waals surface area contributed by atoms with E-state index in [-0.39, 0.29) is 6.04 Å². The fourth-order valence-corrected chi connectivity index (χ4v) is 3.72. The molecular formula is C19H21ClN2O2. The van der Waals surface area contributed by atoms with E-state index in [1.54, 1.807) is 6.20 Å². The molecule has 0 saturated carbocycles. The molecule has 1 aliphatic rings. The Balaban J connectivity index is 1.97. The Labute approximate surface area is 147 Å². The monoisotopic (exact) mass is 344 g/mol. The van der Waals surface area contributed by atoms with Crippen molar-refractivity contribution in [3.8, 4) is 0 Å². The third kappa shape index (κ3) is 3.77. The van der Waals surface area contributed by atoms with E-state index < -0.39 is 12.0 Å². The lowest BCUT2D eigenvalue weighted by Gasteiger charge is -2.39. The maximum Gasteiger partial charge on any atom is 0.320 e. The second-order valence-corrected chi connectivity index (χ2v) is 6.56. The summed E-state index contributed by atoms with van der Waals surface area (Å²) in [7, 11) is 0. The Hall–Kier alpha value is -1.91. The number of piperidine rings is 1. The third-order valence-corrected chi connectivity index (χ3v) is 4.97. The summed E-state index contributed by atoms with van der Waals surface area (Å²) in [5.74, 6) is -0.757. The number of likely N-dealkylation sites (tertiary alicyclic amines) is 1. The molecular weight excluding hydrogens is 324 g/mol. The molecule has 3 rings (SSSR count). The molecule has 0 spiro atoms. The molecule has 2 unspecified atom stereocenters. The summed E-state index contributed by atoms with van der Waals surface area (Å²) in [6.07, 6.45) is 5.05. The molecule has 1 fully saturated rings. The molecule has 0 radical (unpaired) electrons. The lowest BCUT2D eigenvalue weighted by atomic mass is 9.93. The van der Waals surface area contributed by atoms with Gasteiger partial charge in [0.05, 0.1) is 0 Å². The summed E-state index contributed by atoms with van der Waals surface area (Å²) in [6.45, 7) is 0.764. The van der Waals surface area contributed by atoms with E-state index in [2.05, 4.69) is 9.88 Å². The summed E-state index contributed by atoms with van der Waals surface area (Å²) in [5, 5.41) is 10.3. The largest absolute Gasteiger partial charge is 0.480 e. The molecule has 2 atom stereocenters. The normalized spacial score (nSPS) is 19.8. The molecule has 0 bridgehead atoms. The first-order chi connectivity index (χ1) is 11.7. The molecule has 1 aromatic carbocycles. The van der Waals surface area contributed by atoms with Crippen LogP contribution in [0.5, 0.6) is 0 Å². The Morgan fingerprint density at radius 1 is 1.25 bits per heavy atom. The summed E-state index contributed by atoms with van der Waals surface area (Å²) in [6, 6.07) is 13.0. The molecule has 126 valence electrons. The second-order valence-electron chi connectivity index (χ2n) is 6.15. The highest BCUT2D eigenvalue weighted by Gasteiger charge is 2.35. The van der Waals surface area contributed by atoms with Crippen LogP contribution in [0.15, 0.2) is 48.7 Å². The van der Waals surface area contributed by atoms with Crippen molar-refractivity contribution in [2.45, 2.75) is 37.8 Å². The third-order valence-electron chi connectivity index (χ3n) is 4.62. The number of carboxylic acid groups (broad SMARTS) is 1. The van der Waals surface area contributed by atoms with Gasteiger partial charge in [0.2, 0.25) is 0 Å². The van der Waals surface area contributed by atoms with Gasteiger partial charge in [0.1, 0.15) is 6.04 Å². The van der Waals surface area contributed by atoms with E-state index in [1.807, 2.05) is 42.5 Å². The van der Waals surface area contributed by atoms with Crippen LogP contribution in [0.1, 0.15) is 36.6 Å². The zero-order valence-corrected chi connectivity index (χ0v) is 14.2. The van der Waals surface area contributed by atoms with Gasteiger partial charge in [-0.25, -0.2) is 0 Å². The van der Waals surface area contributed by atoms with Gasteiger partial charge in [-0.15, -0.1) is 0 Å². The van der Waals surface area contributed by atoms with Gasteiger partial charge in [-0.05, 0) is 43.1 Å². The van der Waals surface area contributed by atoms with Crippen LogP contribution in [-0.2, 0) is 11.2 Å². The number of rotatable bonds is 5. The van der Waals surface area contributed by atoms with E-state index in [4.69, 9.17) is 11.6 Å². The number of pyridine rings is 1. The fourth-order valence-electron chi connectivity index (χ4n) is 3.46. The molecule has 1 saturated heterocycles. The number of hydrogen-bond donors (Lipinski definition) is 1. The highest BCUT2D eigenvalue weighted by Crippen LogP contribution is 2.34. The summed E-state index contributed by atoms with van der Waals surface area (Å²) in [5.41, 5.74) is 1.91. The number of aliphatic carboxylic acids is 1. The van der Waals surface area contributed by atoms with Crippen LogP contribution in [0.3, 0.4) is 0 Å². The first kappa shape index (κ1) is 16.9. The molecule has 1 N–H and O–H groups in total. The number of aromatic nitrogens is 1. The van der Waals surface area contributed by atoms with Crippen molar-refractivity contribution in [3.05, 3.63) is 64.9 Å². The number of nitrogens with zero attached hydrogens (tertiary/aromatic N) is 2. The summed E-state index contributed by atoms with van der Waals surface area (Å²) >= 11 is 6.44. The van der Waals surface area contributed by atoms with Gasteiger partial charge in [-0.3, -0.25) is 14.7 Å². The van der Waals surface area contributed by atoms with E-state index in [0.29, 0.717) is 17.9 Å². The van der Waals surface area contributed by atoms with Crippen LogP contribution in [0.25, 0.3) is 0 Å². The number of halogens is 1. The fraction of sp³-hybridized carbons (Fsp3) is 0.368. The standard InChI is InChI=1S/C19H21ClN2O2/c20-16-9-2-1-8-15(16)18(13-14-7-3-5-11-21-14)22-12-6-4-10-17(22)19(23)24/h1-3,5,7-9,11,17-18H,4,6,10,12-13H2,(H,23,24). The Morgan fingerprint density at radius 2 is 2.04 bits per heavy atom. The Morgan fingerprint density at radius 3 is 2.75 bits per heavy atom. The molecule has 5 heteroatoms. The van der Waals surface area contributed by atoms with Crippen molar-refractivity contribution in [1.29, 1.82) is 0 Å². The minimum atomic E-state index is -0.757. The number of hydrogen-bond acceptors (Lipinski definition) is 3. The van der Waals surface area contributed by atoms with Crippen LogP contribution in [0.2, 0.25) is 5.02 Å². The van der Waals surface area contributed by atoms with Crippen LogP contribution in [-0.4, -0.2) is 33.5 Å². The van der Waals surface area contributed by atoms with Gasteiger partial charge in [0.25, 0.3) is 0 Å². The quantitative estimate of drug-likeness (QED) is 0.892. The molecule has 1 aliphatic heterocycles. The lowest BCUT2D eigenvalue weighted by Crippen LogP contribution is -2.47. The topological polar surface area (TPSA) is 53.4 Å². The smallest absolute Gasteiger partial charge is 0.320 e. The van der Waals surface area contributed by atoms with Gasteiger partial charge in [0.15, 0.2) is 0 Å². The Kier molecular flexibility index (Phi) is 5.48. The SMILES string of the molecule is O=C(O)C1CCCCN1C(Cc1ccccn1)c1ccccc1Cl. The van der Waals surface area contributed by atoms with E-state index in [1.165, 1.54) is 0 Å². The highest BCUT2D eigenvalue weighted by atomic mass is 35.5. The van der Waals surface area contributed by atoms with Crippen molar-refractivity contribution >= 4 is 17.6 Å². The lowest BCUT2D eigenvalue weighted by molar-refractivity contribution is -0.146. The van der Waals surface area contributed by atoms with Crippen molar-refractivity contribution in [1.82, 2.24) is 9.88 Å². The summed E-state index contributed by atoms with van der Waals surface area (Å²) in [4.78, 5) is 18.3. The van der Waals surface area contributed by atoms with E-state index in [9.17, 15) is 9.90 Å². The van der Waals surface area contributed by atoms with Gasteiger partial charge in [0, 0.05) is 29.4 Å². The zero-order valence-electron chi connectivity index (χ0n) is 13.4. The van der Waals surface area contributed by atoms with Crippen molar-refractivity contribution in [2.24, 2.45) is 0 Å². The Bertz CT molecular complexity index is 693. The highest BCUT2D eigenvalue weighted by molar-refractivity contribution is 6.31. The van der Waals surface area contributed by atoms with Crippen LogP contribution in [0, 0.1) is 0 Å². The number of carbonyl (C=O) groups is 1. The maximum absolute atomic E-state index is 11.7. The average molecular weight is 345 g/mol. The summed E-state index contributed by atoms with van der Waals surface area (Å²) < 4.78 is 0. The van der Waals surface area contributed by atoms with Crippen LogP contribution >= 0.6 is 11.6 Å². The van der Waals surface area contributed by atoms with Gasteiger partial charge in [-0.1, -0.05) is 42.3 Å². The van der Waals surface area contributed by atoms with Crippen molar-refractivity contribution in [3.63, 3.8) is 0 Å². The zero-order chi connectivity index (χ0) is 16.9. The van der Waals surface area contributed by atoms with Gasteiger partial charge in [-0.2, -0.15) is 0 Å². The second kappa shape index (κ2) is 7.77. The first-order valence-corrected chi connectivity index (χ1v) is 8.67. The minimum absolute atomic E-state index is 0.0880. The molecule has 2 aromatic rings. The number of benzene rings is 1. The molecule has 2 heterocycles. The predicted molar refractivity (Wildman–Crippen MR) is 94.1 cm³/mol. The van der Waals surface area contributed by atoms with Gasteiger partial charge < -0.3 is 5.11 Å². The maximum atomic E-state index is 11.7. The predicted octanol–water partition coefficient (Wildman–Crippen LogP) is 3.96. The first-order valence-electron chi connectivity index (χ1n) is 8.29. The molecule has 4 nitrogen and oxygen atoms in total. The number of carboxylic acids is 1. The van der Waals surface area contributed by atoms with Crippen molar-refractivity contribution in [2.75, 3.05) is 6.54 Å². The molecule has 0 amide bonds. The van der Waals surface area contributed by atoms with E-state index >= 15 is 0 Å². The molecule has 24 heavy (non-hydrogen) atoms. The minimum Gasteiger partial charge on any atom is -0.480 e. The van der Waals surface area contributed by atoms with E-state index in [0.717, 1.165) is 30.6 Å². The van der Waals surface area contributed by atoms with Crippen LogP contribution in [0.4, 0.5) is 0 Å². The van der Waals surface area contributed by atoms with Gasteiger partial charge >= 0.3 is 5.97 Å². The molecule has 1 aromatic heterocycles. The van der Waals surface area contributed by atoms with Crippen LogP contribution < -0.4 is 0 Å². The van der Waals surface area contributed by atoms with Crippen molar-refractivity contribution < 1.29 is 9.90 Å². The average Bonchev–Trinajstić information content (AvgIpc) is 2.61. The molecule has 0 aliphatic carbocycles.